The van der Waals surface area contributed by atoms with E-state index in [1.165, 1.54) is 0 Å². The Morgan fingerprint density at radius 3 is 1.85 bits per heavy atom. The molecule has 0 aliphatic rings. The fourth-order valence-electron chi connectivity index (χ4n) is 3.43. The molecule has 2 aromatic carbocycles. The van der Waals surface area contributed by atoms with E-state index >= 15 is 0 Å². The zero-order chi connectivity index (χ0) is 24.6. The molecule has 2 rings (SSSR count). The molecule has 0 atom stereocenters. The van der Waals surface area contributed by atoms with Crippen LogP contribution in [0.25, 0.3) is 12.2 Å². The van der Waals surface area contributed by atoms with Gasteiger partial charge in [0.15, 0.2) is 19.8 Å². The number of hydrogen-bond acceptors (Lipinski definition) is 5. The Kier molecular flexibility index (Phi) is 9.43. The molecule has 0 radical (unpaired) electrons. The van der Waals surface area contributed by atoms with Crippen LogP contribution in [0.15, 0.2) is 30.3 Å². The molecule has 0 unspecified atom stereocenters. The Bertz CT molecular complexity index is 917. The minimum atomic E-state index is -2.35. The number of ether oxygens (including phenoxy) is 4. The van der Waals surface area contributed by atoms with Gasteiger partial charge in [-0.15, -0.1) is 0 Å². The van der Waals surface area contributed by atoms with E-state index in [-0.39, 0.29) is 5.04 Å². The minimum Gasteiger partial charge on any atom is -0.496 e. The van der Waals surface area contributed by atoms with Crippen LogP contribution in [0.5, 0.6) is 23.0 Å². The fourth-order valence-corrected chi connectivity index (χ4v) is 4.05. The van der Waals surface area contributed by atoms with Crippen molar-refractivity contribution in [3.05, 3.63) is 47.0 Å². The van der Waals surface area contributed by atoms with Gasteiger partial charge in [0, 0.05) is 0 Å². The maximum absolute atomic E-state index is 10.7. The Hall–Kier alpha value is -2.44. The highest BCUT2D eigenvalue weighted by atomic mass is 28.4. The summed E-state index contributed by atoms with van der Waals surface area (Å²) < 4.78 is 23.1. The van der Waals surface area contributed by atoms with E-state index in [9.17, 15) is 4.80 Å². The molecule has 0 bridgehead atoms. The van der Waals surface area contributed by atoms with Crippen LogP contribution < -0.4 is 18.9 Å². The van der Waals surface area contributed by atoms with Gasteiger partial charge in [0.05, 0.1) is 26.9 Å². The van der Waals surface area contributed by atoms with Crippen LogP contribution in [0.1, 0.15) is 51.3 Å². The summed E-state index contributed by atoms with van der Waals surface area (Å²) in [5, 5.41) is -0.184. The second-order valence-electron chi connectivity index (χ2n) is 9.17. The number of rotatable bonds is 12. The normalized spacial score (nSPS) is 12.2. The third kappa shape index (κ3) is 7.02. The molecule has 2 aromatic rings. The first-order valence-electron chi connectivity index (χ1n) is 11.7. The van der Waals surface area contributed by atoms with E-state index in [0.29, 0.717) is 37.1 Å². The SMILES string of the molecule is CCOc1cc(/C=C\c2ccc(OC)c(CC(C)(C)[Si](C)(C)O)c2)cc(OCC)c1OCC. The first-order chi connectivity index (χ1) is 15.6. The van der Waals surface area contributed by atoms with Gasteiger partial charge in [0.2, 0.25) is 5.75 Å². The van der Waals surface area contributed by atoms with Gasteiger partial charge in [-0.1, -0.05) is 32.1 Å². The van der Waals surface area contributed by atoms with E-state index in [0.717, 1.165) is 28.9 Å². The van der Waals surface area contributed by atoms with Gasteiger partial charge < -0.3 is 23.7 Å². The number of hydrogen-bond donors (Lipinski definition) is 1. The smallest absolute Gasteiger partial charge is 0.203 e. The molecule has 33 heavy (non-hydrogen) atoms. The van der Waals surface area contributed by atoms with Crippen molar-refractivity contribution >= 4 is 20.5 Å². The third-order valence-electron chi connectivity index (χ3n) is 5.99. The van der Waals surface area contributed by atoms with Crippen molar-refractivity contribution in [3.63, 3.8) is 0 Å². The zero-order valence-electron chi connectivity index (χ0n) is 21.5. The van der Waals surface area contributed by atoms with Crippen molar-refractivity contribution in [1.82, 2.24) is 0 Å². The lowest BCUT2D eigenvalue weighted by Gasteiger charge is -2.35. The molecule has 0 spiro atoms. The summed E-state index contributed by atoms with van der Waals surface area (Å²) in [6.45, 7) is 15.7. The van der Waals surface area contributed by atoms with Gasteiger partial charge in [-0.25, -0.2) is 0 Å². The monoisotopic (exact) mass is 472 g/mol. The Labute approximate surface area is 200 Å². The molecule has 182 valence electrons. The first kappa shape index (κ1) is 26.8. The van der Waals surface area contributed by atoms with Gasteiger partial charge in [0.25, 0.3) is 0 Å². The number of methoxy groups -OCH3 is 1. The summed E-state index contributed by atoms with van der Waals surface area (Å²) in [5.74, 6) is 2.84. The van der Waals surface area contributed by atoms with E-state index < -0.39 is 8.32 Å². The van der Waals surface area contributed by atoms with E-state index in [1.807, 2.05) is 64.2 Å². The summed E-state index contributed by atoms with van der Waals surface area (Å²) in [6, 6.07) is 10.1. The first-order valence-corrected chi connectivity index (χ1v) is 14.6. The zero-order valence-corrected chi connectivity index (χ0v) is 22.5. The van der Waals surface area contributed by atoms with Crippen LogP contribution in [0.4, 0.5) is 0 Å². The highest BCUT2D eigenvalue weighted by molar-refractivity contribution is 6.72. The molecule has 5 nitrogen and oxygen atoms in total. The van der Waals surface area contributed by atoms with Crippen LogP contribution in [-0.4, -0.2) is 40.0 Å². The summed E-state index contributed by atoms with van der Waals surface area (Å²) in [4.78, 5) is 10.7. The maximum atomic E-state index is 10.7. The van der Waals surface area contributed by atoms with Gasteiger partial charge in [-0.2, -0.15) is 0 Å². The number of benzene rings is 2. The van der Waals surface area contributed by atoms with Crippen LogP contribution in [0.3, 0.4) is 0 Å². The largest absolute Gasteiger partial charge is 0.496 e. The molecule has 6 heteroatoms. The molecule has 0 heterocycles. The molecule has 0 amide bonds. The van der Waals surface area contributed by atoms with Crippen molar-refractivity contribution in [1.29, 1.82) is 0 Å². The van der Waals surface area contributed by atoms with Gasteiger partial charge in [-0.3, -0.25) is 0 Å². The van der Waals surface area contributed by atoms with Gasteiger partial charge >= 0.3 is 0 Å². The Balaban J connectivity index is 2.42. The molecule has 0 aliphatic heterocycles. The lowest BCUT2D eigenvalue weighted by molar-refractivity contribution is 0.260. The van der Waals surface area contributed by atoms with Crippen LogP contribution in [0, 0.1) is 0 Å². The molecular weight excluding hydrogens is 432 g/mol. The van der Waals surface area contributed by atoms with Gasteiger partial charge in [-0.05, 0) is 86.3 Å². The van der Waals surface area contributed by atoms with Crippen molar-refractivity contribution in [2.45, 2.75) is 59.2 Å². The summed E-state index contributed by atoms with van der Waals surface area (Å²) in [6.07, 6.45) is 4.86. The average molecular weight is 473 g/mol. The van der Waals surface area contributed by atoms with E-state index in [1.54, 1.807) is 7.11 Å². The second kappa shape index (κ2) is 11.6. The topological polar surface area (TPSA) is 57.2 Å². The standard InChI is InChI=1S/C27H40O5Si/c1-9-30-24-17-21(18-25(31-10-2)26(24)32-11-3)13-12-20-14-15-23(29-6)22(16-20)19-27(4,5)33(7,8)28/h12-18,28H,9-11,19H2,1-8H3/b13-12-. The molecule has 0 fully saturated rings. The Morgan fingerprint density at radius 2 is 1.36 bits per heavy atom. The maximum Gasteiger partial charge on any atom is 0.203 e. The fraction of sp³-hybridized carbons (Fsp3) is 0.481. The summed E-state index contributed by atoms with van der Waals surface area (Å²) in [7, 11) is -0.658. The van der Waals surface area contributed by atoms with E-state index in [2.05, 4.69) is 26.0 Å². The minimum absolute atomic E-state index is 0.184. The van der Waals surface area contributed by atoms with Gasteiger partial charge in [0.1, 0.15) is 5.75 Å². The molecule has 0 aliphatic carbocycles. The van der Waals surface area contributed by atoms with Crippen LogP contribution >= 0.6 is 0 Å². The van der Waals surface area contributed by atoms with Crippen LogP contribution in [0.2, 0.25) is 18.1 Å². The van der Waals surface area contributed by atoms with Crippen molar-refractivity contribution in [3.8, 4) is 23.0 Å². The lowest BCUT2D eigenvalue weighted by Crippen LogP contribution is -2.40. The highest BCUT2D eigenvalue weighted by Crippen LogP contribution is 2.41. The van der Waals surface area contributed by atoms with Crippen molar-refractivity contribution in [2.24, 2.45) is 0 Å². The Morgan fingerprint density at radius 1 is 0.818 bits per heavy atom. The predicted octanol–water partition coefficient (Wildman–Crippen LogP) is 6.58. The van der Waals surface area contributed by atoms with Crippen molar-refractivity contribution in [2.75, 3.05) is 26.9 Å². The molecule has 0 saturated heterocycles. The van der Waals surface area contributed by atoms with E-state index in [4.69, 9.17) is 18.9 Å². The summed E-state index contributed by atoms with van der Waals surface area (Å²) >= 11 is 0. The lowest BCUT2D eigenvalue weighted by atomic mass is 9.98. The van der Waals surface area contributed by atoms with Crippen molar-refractivity contribution < 1.29 is 23.7 Å². The highest BCUT2D eigenvalue weighted by Gasteiger charge is 2.38. The second-order valence-corrected chi connectivity index (χ2v) is 13.6. The average Bonchev–Trinajstić information content (AvgIpc) is 2.74. The molecule has 0 aromatic heterocycles. The summed E-state index contributed by atoms with van der Waals surface area (Å²) in [5.41, 5.74) is 3.12. The predicted molar refractivity (Wildman–Crippen MR) is 139 cm³/mol. The molecule has 1 N–H and O–H groups in total. The molecule has 0 saturated carbocycles. The third-order valence-corrected chi connectivity index (χ3v) is 9.48. The van der Waals surface area contributed by atoms with Crippen LogP contribution in [-0.2, 0) is 6.42 Å². The molecular formula is C27H40O5Si. The quantitative estimate of drug-likeness (QED) is 0.279.